The van der Waals surface area contributed by atoms with Gasteiger partial charge < -0.3 is 14.9 Å². The number of fused-ring (bicyclic) bond motifs is 1. The predicted octanol–water partition coefficient (Wildman–Crippen LogP) is 3.00. The number of hydrogen-bond acceptors (Lipinski definition) is 4. The van der Waals surface area contributed by atoms with E-state index in [4.69, 9.17) is 4.52 Å². The molecule has 1 aromatic rings. The molecule has 5 nitrogen and oxygen atoms in total. The molecule has 6 rings (SSSR count). The van der Waals surface area contributed by atoms with Crippen LogP contribution in [-0.4, -0.2) is 27.8 Å². The van der Waals surface area contributed by atoms with Crippen molar-refractivity contribution in [3.05, 3.63) is 17.0 Å². The van der Waals surface area contributed by atoms with Gasteiger partial charge in [0.15, 0.2) is 0 Å². The van der Waals surface area contributed by atoms with Crippen molar-refractivity contribution in [1.29, 1.82) is 0 Å². The molecule has 0 unspecified atom stereocenters. The van der Waals surface area contributed by atoms with Gasteiger partial charge in [0.2, 0.25) is 5.76 Å². The fourth-order valence-corrected chi connectivity index (χ4v) is 6.78. The topological polar surface area (TPSA) is 75.4 Å². The first kappa shape index (κ1) is 15.9. The van der Waals surface area contributed by atoms with Crippen LogP contribution in [0, 0.1) is 17.3 Å². The second-order valence-corrected chi connectivity index (χ2v) is 9.39. The fourth-order valence-electron chi connectivity index (χ4n) is 6.78. The zero-order valence-electron chi connectivity index (χ0n) is 15.0. The molecule has 0 aromatic carbocycles. The number of rotatable bonds is 3. The Bertz CT molecular complexity index is 696. The molecule has 1 aromatic heterocycles. The molecule has 0 spiro atoms. The van der Waals surface area contributed by atoms with Gasteiger partial charge in [-0.25, -0.2) is 0 Å². The van der Waals surface area contributed by atoms with E-state index in [-0.39, 0.29) is 17.4 Å². The van der Waals surface area contributed by atoms with Gasteiger partial charge in [0.25, 0.3) is 5.91 Å². The SMILES string of the molecule is C[C@@H](NC(=O)c1onc2c1CCCC2)C12C[C@H]3C[C@@H](CC(O)(C3)C1)C2. The predicted molar refractivity (Wildman–Crippen MR) is 92.1 cm³/mol. The Kier molecular flexibility index (Phi) is 3.38. The van der Waals surface area contributed by atoms with Gasteiger partial charge in [-0.2, -0.15) is 0 Å². The zero-order chi connectivity index (χ0) is 17.2. The van der Waals surface area contributed by atoms with E-state index in [0.717, 1.165) is 69.0 Å². The van der Waals surface area contributed by atoms with Crippen LogP contribution in [0.15, 0.2) is 4.52 Å². The van der Waals surface area contributed by atoms with Crippen LogP contribution in [0.3, 0.4) is 0 Å². The first-order chi connectivity index (χ1) is 12.0. The molecule has 5 heteroatoms. The smallest absolute Gasteiger partial charge is 0.290 e. The standard InChI is InChI=1S/C20H28N2O3/c1-12(19-7-13-6-14(8-19)10-20(24,9-13)11-19)21-18(23)17-15-4-2-3-5-16(15)22-25-17/h12-14,24H,2-11H2,1H3,(H,21,23)/t12-,13-,14-,19?,20?/m1/s1. The highest BCUT2D eigenvalue weighted by Gasteiger charge is 2.59. The van der Waals surface area contributed by atoms with Gasteiger partial charge in [0.1, 0.15) is 0 Å². The molecular formula is C20H28N2O3. The third kappa shape index (κ3) is 2.46. The van der Waals surface area contributed by atoms with Crippen LogP contribution in [-0.2, 0) is 12.8 Å². The summed E-state index contributed by atoms with van der Waals surface area (Å²) in [5.41, 5.74) is 1.54. The summed E-state index contributed by atoms with van der Waals surface area (Å²) in [5.74, 6) is 1.56. The van der Waals surface area contributed by atoms with E-state index in [1.165, 1.54) is 6.42 Å². The molecule has 0 radical (unpaired) electrons. The Morgan fingerprint density at radius 1 is 1.24 bits per heavy atom. The molecule has 1 amide bonds. The van der Waals surface area contributed by atoms with Crippen LogP contribution < -0.4 is 5.32 Å². The van der Waals surface area contributed by atoms with Crippen molar-refractivity contribution in [3.63, 3.8) is 0 Å². The summed E-state index contributed by atoms with van der Waals surface area (Å²) in [7, 11) is 0. The van der Waals surface area contributed by atoms with Crippen LogP contribution in [0.25, 0.3) is 0 Å². The van der Waals surface area contributed by atoms with E-state index >= 15 is 0 Å². The first-order valence-corrected chi connectivity index (χ1v) is 9.97. The van der Waals surface area contributed by atoms with Crippen molar-refractivity contribution in [1.82, 2.24) is 10.5 Å². The summed E-state index contributed by atoms with van der Waals surface area (Å²) >= 11 is 0. The van der Waals surface area contributed by atoms with E-state index < -0.39 is 5.60 Å². The Balaban J connectivity index is 1.36. The first-order valence-electron chi connectivity index (χ1n) is 9.97. The zero-order valence-corrected chi connectivity index (χ0v) is 15.0. The molecule has 4 fully saturated rings. The van der Waals surface area contributed by atoms with Gasteiger partial charge in [0, 0.05) is 11.6 Å². The van der Waals surface area contributed by atoms with Crippen LogP contribution in [0.2, 0.25) is 0 Å². The molecule has 1 heterocycles. The minimum atomic E-state index is -0.492. The quantitative estimate of drug-likeness (QED) is 0.884. The van der Waals surface area contributed by atoms with Crippen molar-refractivity contribution >= 4 is 5.91 Å². The molecule has 0 saturated heterocycles. The number of nitrogens with one attached hydrogen (secondary N) is 1. The molecule has 4 saturated carbocycles. The fraction of sp³-hybridized carbons (Fsp3) is 0.800. The summed E-state index contributed by atoms with van der Waals surface area (Å²) in [5, 5.41) is 18.3. The second kappa shape index (κ2) is 5.32. The van der Waals surface area contributed by atoms with Crippen molar-refractivity contribution in [2.24, 2.45) is 17.3 Å². The third-order valence-electron chi connectivity index (χ3n) is 7.51. The van der Waals surface area contributed by atoms with Gasteiger partial charge in [-0.1, -0.05) is 5.16 Å². The lowest BCUT2D eigenvalue weighted by Gasteiger charge is -2.62. The normalized spacial score (nSPS) is 39.9. The Morgan fingerprint density at radius 3 is 2.68 bits per heavy atom. The average molecular weight is 344 g/mol. The van der Waals surface area contributed by atoms with Gasteiger partial charge in [-0.05, 0) is 88.4 Å². The van der Waals surface area contributed by atoms with Crippen molar-refractivity contribution in [2.45, 2.75) is 82.8 Å². The van der Waals surface area contributed by atoms with E-state index in [0.29, 0.717) is 17.6 Å². The minimum absolute atomic E-state index is 0.0502. The molecule has 3 atom stereocenters. The van der Waals surface area contributed by atoms with Gasteiger partial charge in [0.05, 0.1) is 11.3 Å². The van der Waals surface area contributed by atoms with Gasteiger partial charge in [-0.3, -0.25) is 4.79 Å². The summed E-state index contributed by atoms with van der Waals surface area (Å²) in [6.45, 7) is 2.12. The van der Waals surface area contributed by atoms with Crippen LogP contribution >= 0.6 is 0 Å². The Hall–Kier alpha value is -1.36. The number of amides is 1. The second-order valence-electron chi connectivity index (χ2n) is 9.39. The van der Waals surface area contributed by atoms with Crippen molar-refractivity contribution < 1.29 is 14.4 Å². The number of nitrogens with zero attached hydrogens (tertiary/aromatic N) is 1. The van der Waals surface area contributed by atoms with E-state index in [9.17, 15) is 9.90 Å². The molecule has 5 aliphatic rings. The average Bonchev–Trinajstić information content (AvgIpc) is 2.96. The highest BCUT2D eigenvalue weighted by atomic mass is 16.5. The molecule has 0 aliphatic heterocycles. The van der Waals surface area contributed by atoms with E-state index in [2.05, 4.69) is 17.4 Å². The molecular weight excluding hydrogens is 316 g/mol. The molecule has 5 aliphatic carbocycles. The number of carbonyl (C=O) groups excluding carboxylic acids is 1. The number of aryl methyl sites for hydroxylation is 1. The number of carbonyl (C=O) groups is 1. The maximum absolute atomic E-state index is 12.9. The summed E-state index contributed by atoms with van der Waals surface area (Å²) in [6, 6.07) is 0.0572. The van der Waals surface area contributed by atoms with E-state index in [1.54, 1.807) is 0 Å². The Labute approximate surface area is 148 Å². The largest absolute Gasteiger partial charge is 0.390 e. The minimum Gasteiger partial charge on any atom is -0.390 e. The van der Waals surface area contributed by atoms with Crippen LogP contribution in [0.1, 0.15) is 80.1 Å². The highest BCUT2D eigenvalue weighted by molar-refractivity contribution is 5.93. The summed E-state index contributed by atoms with van der Waals surface area (Å²) in [6.07, 6.45) is 10.3. The lowest BCUT2D eigenvalue weighted by Crippen LogP contribution is -2.61. The summed E-state index contributed by atoms with van der Waals surface area (Å²) < 4.78 is 5.41. The van der Waals surface area contributed by atoms with Gasteiger partial charge >= 0.3 is 0 Å². The number of hydrogen-bond donors (Lipinski definition) is 2. The van der Waals surface area contributed by atoms with Crippen molar-refractivity contribution in [2.75, 3.05) is 0 Å². The molecule has 4 bridgehead atoms. The maximum Gasteiger partial charge on any atom is 0.290 e. The maximum atomic E-state index is 12.9. The number of aromatic nitrogens is 1. The lowest BCUT2D eigenvalue weighted by atomic mass is 9.46. The van der Waals surface area contributed by atoms with E-state index in [1.807, 2.05) is 0 Å². The molecule has 136 valence electrons. The number of aliphatic hydroxyl groups is 1. The third-order valence-corrected chi connectivity index (χ3v) is 7.51. The van der Waals surface area contributed by atoms with Crippen molar-refractivity contribution in [3.8, 4) is 0 Å². The highest BCUT2D eigenvalue weighted by Crippen LogP contribution is 2.62. The van der Waals surface area contributed by atoms with Gasteiger partial charge in [-0.15, -0.1) is 0 Å². The molecule has 25 heavy (non-hydrogen) atoms. The molecule has 2 N–H and O–H groups in total. The summed E-state index contributed by atoms with van der Waals surface area (Å²) in [4.78, 5) is 12.9. The van der Waals surface area contributed by atoms with Crippen LogP contribution in [0.4, 0.5) is 0 Å². The monoisotopic (exact) mass is 344 g/mol. The van der Waals surface area contributed by atoms with Crippen LogP contribution in [0.5, 0.6) is 0 Å². The lowest BCUT2D eigenvalue weighted by molar-refractivity contribution is -0.171. The Morgan fingerprint density at radius 2 is 1.96 bits per heavy atom.